The van der Waals surface area contributed by atoms with Crippen molar-refractivity contribution in [3.05, 3.63) is 89.5 Å². The number of rotatable bonds is 6. The number of hydrogen-bond acceptors (Lipinski definition) is 3. The van der Waals surface area contributed by atoms with Crippen LogP contribution in [-0.4, -0.2) is 33.2 Å². The van der Waals surface area contributed by atoms with Gasteiger partial charge in [-0.05, 0) is 54.8 Å². The molecule has 0 spiro atoms. The number of para-hydroxylation sites is 1. The molecule has 0 radical (unpaired) electrons. The van der Waals surface area contributed by atoms with E-state index < -0.39 is 0 Å². The quantitative estimate of drug-likeness (QED) is 0.598. The Hall–Kier alpha value is -3.47. The molecule has 0 saturated heterocycles. The number of carbonyl (C=O) groups excluding carboxylic acids is 1. The Labute approximate surface area is 184 Å². The molecule has 2 amide bonds. The summed E-state index contributed by atoms with van der Waals surface area (Å²) in [4.78, 5) is 17.1. The van der Waals surface area contributed by atoms with Gasteiger partial charge in [-0.2, -0.15) is 0 Å². The molecule has 1 unspecified atom stereocenters. The number of anilines is 3. The summed E-state index contributed by atoms with van der Waals surface area (Å²) in [5.74, 6) is 0. The Morgan fingerprint density at radius 1 is 1.00 bits per heavy atom. The van der Waals surface area contributed by atoms with Gasteiger partial charge in [-0.15, -0.1) is 0 Å². The van der Waals surface area contributed by atoms with Gasteiger partial charge in [0.05, 0.1) is 6.04 Å². The van der Waals surface area contributed by atoms with Crippen molar-refractivity contribution in [2.24, 2.45) is 0 Å². The minimum Gasteiger partial charge on any atom is -0.378 e. The lowest BCUT2D eigenvalue weighted by Gasteiger charge is -2.31. The molecule has 31 heavy (non-hydrogen) atoms. The fourth-order valence-electron chi connectivity index (χ4n) is 4.09. The van der Waals surface area contributed by atoms with E-state index in [-0.39, 0.29) is 12.1 Å². The smallest absolute Gasteiger partial charge is 0.319 e. The fourth-order valence-corrected chi connectivity index (χ4v) is 4.09. The second-order valence-electron chi connectivity index (χ2n) is 8.27. The van der Waals surface area contributed by atoms with E-state index in [0.717, 1.165) is 24.3 Å². The number of hydrogen-bond donors (Lipinski definition) is 2. The van der Waals surface area contributed by atoms with Crippen molar-refractivity contribution in [3.8, 4) is 0 Å². The van der Waals surface area contributed by atoms with Crippen LogP contribution in [0.1, 0.15) is 22.7 Å². The van der Waals surface area contributed by atoms with Gasteiger partial charge >= 0.3 is 6.03 Å². The van der Waals surface area contributed by atoms with Crippen LogP contribution in [0.25, 0.3) is 0 Å². The molecule has 5 nitrogen and oxygen atoms in total. The van der Waals surface area contributed by atoms with Crippen LogP contribution < -0.4 is 20.4 Å². The molecule has 4 rings (SSSR count). The summed E-state index contributed by atoms with van der Waals surface area (Å²) >= 11 is 0. The Morgan fingerprint density at radius 2 is 1.71 bits per heavy atom. The van der Waals surface area contributed by atoms with Crippen molar-refractivity contribution in [3.63, 3.8) is 0 Å². The van der Waals surface area contributed by atoms with E-state index in [1.54, 1.807) is 0 Å². The average Bonchev–Trinajstić information content (AvgIpc) is 3.20. The van der Waals surface area contributed by atoms with Crippen LogP contribution in [0.2, 0.25) is 0 Å². The van der Waals surface area contributed by atoms with Gasteiger partial charge in [0.15, 0.2) is 0 Å². The summed E-state index contributed by atoms with van der Waals surface area (Å²) in [7, 11) is 4.08. The summed E-state index contributed by atoms with van der Waals surface area (Å²) < 4.78 is 0. The molecule has 0 aromatic heterocycles. The van der Waals surface area contributed by atoms with Gasteiger partial charge in [0.2, 0.25) is 0 Å². The van der Waals surface area contributed by atoms with E-state index in [0.29, 0.717) is 6.54 Å². The number of carbonyl (C=O) groups is 1. The Morgan fingerprint density at radius 3 is 2.42 bits per heavy atom. The van der Waals surface area contributed by atoms with Gasteiger partial charge in [-0.1, -0.05) is 48.0 Å². The van der Waals surface area contributed by atoms with E-state index in [1.807, 2.05) is 45.3 Å². The minimum absolute atomic E-state index is 0.0589. The number of nitrogens with zero attached hydrogens (tertiary/aromatic N) is 2. The number of fused-ring (bicyclic) bond motifs is 1. The zero-order valence-electron chi connectivity index (χ0n) is 18.4. The van der Waals surface area contributed by atoms with Gasteiger partial charge in [0, 0.05) is 44.2 Å². The monoisotopic (exact) mass is 414 g/mol. The molecule has 1 aliphatic rings. The first-order chi connectivity index (χ1) is 15.0. The normalized spacial score (nSPS) is 13.5. The molecule has 1 aliphatic heterocycles. The van der Waals surface area contributed by atoms with Crippen LogP contribution >= 0.6 is 0 Å². The maximum atomic E-state index is 12.6. The van der Waals surface area contributed by atoms with Gasteiger partial charge in [0.1, 0.15) is 0 Å². The standard InChI is InChI=1S/C26H30N4O/c1-19-8-12-22(13-9-19)28-26(31)27-18-25(21-10-14-23(15-11-21)29(2)3)30-17-16-20-6-4-5-7-24(20)30/h4-15,25H,16-18H2,1-3H3,(H2,27,28,31). The van der Waals surface area contributed by atoms with Crippen molar-refractivity contribution < 1.29 is 4.79 Å². The van der Waals surface area contributed by atoms with Crippen molar-refractivity contribution in [2.75, 3.05) is 42.3 Å². The highest BCUT2D eigenvalue weighted by molar-refractivity contribution is 5.89. The van der Waals surface area contributed by atoms with Crippen molar-refractivity contribution in [2.45, 2.75) is 19.4 Å². The van der Waals surface area contributed by atoms with Crippen LogP contribution in [0, 0.1) is 6.92 Å². The number of amides is 2. The second kappa shape index (κ2) is 9.13. The van der Waals surface area contributed by atoms with E-state index in [4.69, 9.17) is 0 Å². The molecule has 0 aliphatic carbocycles. The van der Waals surface area contributed by atoms with Gasteiger partial charge in [-0.3, -0.25) is 0 Å². The lowest BCUT2D eigenvalue weighted by Crippen LogP contribution is -2.39. The van der Waals surface area contributed by atoms with E-state index in [1.165, 1.54) is 22.4 Å². The van der Waals surface area contributed by atoms with Crippen LogP contribution in [0.5, 0.6) is 0 Å². The molecule has 1 heterocycles. The highest BCUT2D eigenvalue weighted by atomic mass is 16.2. The summed E-state index contributed by atoms with van der Waals surface area (Å²) in [6.45, 7) is 3.50. The maximum absolute atomic E-state index is 12.6. The number of urea groups is 1. The van der Waals surface area contributed by atoms with Crippen molar-refractivity contribution >= 4 is 23.1 Å². The molecule has 0 fully saturated rings. The highest BCUT2D eigenvalue weighted by Gasteiger charge is 2.27. The maximum Gasteiger partial charge on any atom is 0.319 e. The third-order valence-corrected chi connectivity index (χ3v) is 5.86. The summed E-state index contributed by atoms with van der Waals surface area (Å²) in [5, 5.41) is 6.02. The third-order valence-electron chi connectivity index (χ3n) is 5.86. The molecule has 1 atom stereocenters. The lowest BCUT2D eigenvalue weighted by atomic mass is 10.0. The Balaban J connectivity index is 1.52. The molecule has 0 saturated carbocycles. The van der Waals surface area contributed by atoms with Crippen LogP contribution in [-0.2, 0) is 6.42 Å². The third kappa shape index (κ3) is 4.82. The second-order valence-corrected chi connectivity index (χ2v) is 8.27. The van der Waals surface area contributed by atoms with Crippen LogP contribution in [0.4, 0.5) is 21.9 Å². The zero-order chi connectivity index (χ0) is 21.8. The topological polar surface area (TPSA) is 47.6 Å². The van der Waals surface area contributed by atoms with E-state index >= 15 is 0 Å². The first kappa shape index (κ1) is 20.8. The predicted octanol–water partition coefficient (Wildman–Crippen LogP) is 4.99. The molecular weight excluding hydrogens is 384 g/mol. The predicted molar refractivity (Wildman–Crippen MR) is 129 cm³/mol. The first-order valence-electron chi connectivity index (χ1n) is 10.7. The Bertz CT molecular complexity index is 1030. The largest absolute Gasteiger partial charge is 0.378 e. The summed E-state index contributed by atoms with van der Waals surface area (Å²) in [6, 6.07) is 24.8. The lowest BCUT2D eigenvalue weighted by molar-refractivity contribution is 0.251. The molecular formula is C26H30N4O. The molecule has 160 valence electrons. The van der Waals surface area contributed by atoms with E-state index in [2.05, 4.69) is 69.0 Å². The fraction of sp³-hybridized carbons (Fsp3) is 0.269. The Kier molecular flexibility index (Phi) is 6.12. The molecule has 3 aromatic rings. The molecule has 0 bridgehead atoms. The van der Waals surface area contributed by atoms with Crippen molar-refractivity contribution in [1.82, 2.24) is 5.32 Å². The molecule has 2 N–H and O–H groups in total. The number of benzene rings is 3. The van der Waals surface area contributed by atoms with Crippen LogP contribution in [0.15, 0.2) is 72.8 Å². The van der Waals surface area contributed by atoms with E-state index in [9.17, 15) is 4.79 Å². The summed E-state index contributed by atoms with van der Waals surface area (Å²) in [6.07, 6.45) is 1.03. The first-order valence-corrected chi connectivity index (χ1v) is 10.7. The zero-order valence-corrected chi connectivity index (χ0v) is 18.4. The van der Waals surface area contributed by atoms with Gasteiger partial charge in [0.25, 0.3) is 0 Å². The summed E-state index contributed by atoms with van der Waals surface area (Å²) in [5.41, 5.74) is 6.93. The average molecular weight is 415 g/mol. The van der Waals surface area contributed by atoms with Gasteiger partial charge < -0.3 is 20.4 Å². The van der Waals surface area contributed by atoms with Crippen molar-refractivity contribution in [1.29, 1.82) is 0 Å². The molecule has 3 aromatic carbocycles. The SMILES string of the molecule is Cc1ccc(NC(=O)NCC(c2ccc(N(C)C)cc2)N2CCc3ccccc32)cc1. The van der Waals surface area contributed by atoms with Crippen LogP contribution in [0.3, 0.4) is 0 Å². The minimum atomic E-state index is -0.189. The van der Waals surface area contributed by atoms with Gasteiger partial charge in [-0.25, -0.2) is 4.79 Å². The highest BCUT2D eigenvalue weighted by Crippen LogP contribution is 2.35. The molecule has 5 heteroatoms. The number of nitrogens with one attached hydrogen (secondary N) is 2. The number of aryl methyl sites for hydroxylation is 1.